The van der Waals surface area contributed by atoms with Gasteiger partial charge < -0.3 is 11.1 Å². The van der Waals surface area contributed by atoms with Crippen LogP contribution in [0.3, 0.4) is 0 Å². The second-order valence-corrected chi connectivity index (χ2v) is 4.23. The number of hydrogen-bond donors (Lipinski definition) is 2. The molecule has 0 aliphatic carbocycles. The molecule has 2 rings (SSSR count). The van der Waals surface area contributed by atoms with Crippen LogP contribution < -0.4 is 11.1 Å². The number of nitrogens with one attached hydrogen (secondary N) is 1. The van der Waals surface area contributed by atoms with Gasteiger partial charge in [-0.15, -0.1) is 5.10 Å². The summed E-state index contributed by atoms with van der Waals surface area (Å²) in [5.74, 6) is -0.254. The number of likely N-dealkylation sites (tertiary alicyclic amines) is 1. The highest BCUT2D eigenvalue weighted by atomic mass is 32.1. The molecule has 1 saturated heterocycles. The first-order chi connectivity index (χ1) is 7.22. The van der Waals surface area contributed by atoms with Gasteiger partial charge in [-0.2, -0.15) is 0 Å². The van der Waals surface area contributed by atoms with Crippen molar-refractivity contribution in [1.82, 2.24) is 14.5 Å². The molecule has 1 atom stereocenters. The fourth-order valence-corrected chi connectivity index (χ4v) is 2.17. The van der Waals surface area contributed by atoms with Gasteiger partial charge in [-0.1, -0.05) is 4.49 Å². The Kier molecular flexibility index (Phi) is 2.83. The van der Waals surface area contributed by atoms with Crippen molar-refractivity contribution in [2.24, 2.45) is 5.73 Å². The highest BCUT2D eigenvalue weighted by Crippen LogP contribution is 2.24. The lowest BCUT2D eigenvalue weighted by atomic mass is 10.0. The van der Waals surface area contributed by atoms with Gasteiger partial charge in [-0.25, -0.2) is 0 Å². The molecule has 1 amide bonds. The molecule has 1 unspecified atom stereocenters. The van der Waals surface area contributed by atoms with Crippen LogP contribution in [0.2, 0.25) is 0 Å². The molecule has 15 heavy (non-hydrogen) atoms. The lowest BCUT2D eigenvalue weighted by Crippen LogP contribution is -2.54. The van der Waals surface area contributed by atoms with Crippen LogP contribution in [0, 0.1) is 0 Å². The van der Waals surface area contributed by atoms with Gasteiger partial charge >= 0.3 is 0 Å². The molecular formula is C8H13N5OS. The van der Waals surface area contributed by atoms with E-state index in [4.69, 9.17) is 5.73 Å². The molecule has 0 aromatic carbocycles. The van der Waals surface area contributed by atoms with E-state index in [2.05, 4.69) is 14.9 Å². The quantitative estimate of drug-likeness (QED) is 0.734. The molecule has 0 spiro atoms. The summed E-state index contributed by atoms with van der Waals surface area (Å²) in [6.07, 6.45) is 0.849. The number of amides is 1. The van der Waals surface area contributed by atoms with Gasteiger partial charge in [0.15, 0.2) is 0 Å². The second-order valence-electron chi connectivity index (χ2n) is 3.48. The lowest BCUT2D eigenvalue weighted by Gasteiger charge is -2.38. The third kappa shape index (κ3) is 1.93. The number of carbonyl (C=O) groups is 1. The Morgan fingerprint density at radius 3 is 3.13 bits per heavy atom. The Hall–Kier alpha value is -1.21. The summed E-state index contributed by atoms with van der Waals surface area (Å²) in [6.45, 7) is 1.54. The summed E-state index contributed by atoms with van der Waals surface area (Å²) in [4.78, 5) is 13.0. The fourth-order valence-electron chi connectivity index (χ4n) is 1.65. The van der Waals surface area contributed by atoms with Gasteiger partial charge in [0.2, 0.25) is 5.91 Å². The van der Waals surface area contributed by atoms with Crippen molar-refractivity contribution in [3.8, 4) is 0 Å². The lowest BCUT2D eigenvalue weighted by molar-refractivity contribution is -0.127. The standard InChI is InChI=1S/C8H13N5OS/c1-10-8-5(11-12-15-8)4-13-3-2-6(13)7(9)14/h6,10H,2-4H2,1H3,(H2,9,14). The van der Waals surface area contributed by atoms with Crippen molar-refractivity contribution in [3.63, 3.8) is 0 Å². The number of rotatable bonds is 4. The number of carbonyl (C=O) groups excluding carboxylic acids is 1. The topological polar surface area (TPSA) is 84.1 Å². The summed E-state index contributed by atoms with van der Waals surface area (Å²) in [5, 5.41) is 7.99. The summed E-state index contributed by atoms with van der Waals surface area (Å²) < 4.78 is 3.86. The van der Waals surface area contributed by atoms with Crippen LogP contribution in [0.25, 0.3) is 0 Å². The van der Waals surface area contributed by atoms with E-state index in [-0.39, 0.29) is 11.9 Å². The highest BCUT2D eigenvalue weighted by Gasteiger charge is 2.33. The number of primary amides is 1. The number of anilines is 1. The van der Waals surface area contributed by atoms with Crippen molar-refractivity contribution in [1.29, 1.82) is 0 Å². The van der Waals surface area contributed by atoms with Crippen LogP contribution >= 0.6 is 11.5 Å². The van der Waals surface area contributed by atoms with Gasteiger partial charge in [-0.05, 0) is 6.42 Å². The summed E-state index contributed by atoms with van der Waals surface area (Å²) >= 11 is 1.32. The van der Waals surface area contributed by atoms with Crippen molar-refractivity contribution < 1.29 is 4.79 Å². The average molecular weight is 227 g/mol. The van der Waals surface area contributed by atoms with E-state index in [1.54, 1.807) is 0 Å². The maximum Gasteiger partial charge on any atom is 0.234 e. The van der Waals surface area contributed by atoms with Crippen molar-refractivity contribution in [3.05, 3.63) is 5.69 Å². The Labute approximate surface area is 91.6 Å². The molecule has 1 aromatic rings. The molecular weight excluding hydrogens is 214 g/mol. The largest absolute Gasteiger partial charge is 0.377 e. The van der Waals surface area contributed by atoms with E-state index >= 15 is 0 Å². The number of nitrogens with two attached hydrogens (primary N) is 1. The van der Waals surface area contributed by atoms with Gasteiger partial charge in [0.25, 0.3) is 0 Å². The van der Waals surface area contributed by atoms with Gasteiger partial charge in [-0.3, -0.25) is 9.69 Å². The number of aromatic nitrogens is 2. The minimum absolute atomic E-state index is 0.128. The Bertz CT molecular complexity index is 366. The normalized spacial score (nSPS) is 21.0. The molecule has 2 heterocycles. The first kappa shape index (κ1) is 10.3. The third-order valence-electron chi connectivity index (χ3n) is 2.59. The van der Waals surface area contributed by atoms with Crippen molar-refractivity contribution >= 4 is 22.4 Å². The first-order valence-corrected chi connectivity index (χ1v) is 5.52. The molecule has 1 aliphatic heterocycles. The molecule has 6 nitrogen and oxygen atoms in total. The van der Waals surface area contributed by atoms with Crippen LogP contribution in [0.4, 0.5) is 5.00 Å². The third-order valence-corrected chi connectivity index (χ3v) is 3.38. The molecule has 1 aromatic heterocycles. The smallest absolute Gasteiger partial charge is 0.234 e. The molecule has 82 valence electrons. The van der Waals surface area contributed by atoms with Gasteiger partial charge in [0.05, 0.1) is 6.04 Å². The maximum absolute atomic E-state index is 11.0. The van der Waals surface area contributed by atoms with E-state index in [0.717, 1.165) is 23.7 Å². The zero-order valence-electron chi connectivity index (χ0n) is 8.43. The predicted molar refractivity (Wildman–Crippen MR) is 57.5 cm³/mol. The van der Waals surface area contributed by atoms with Crippen LogP contribution in [-0.4, -0.2) is 40.0 Å². The van der Waals surface area contributed by atoms with Crippen LogP contribution in [0.5, 0.6) is 0 Å². The second kappa shape index (κ2) is 4.11. The van der Waals surface area contributed by atoms with Crippen molar-refractivity contribution in [2.45, 2.75) is 19.0 Å². The Morgan fingerprint density at radius 1 is 1.80 bits per heavy atom. The minimum atomic E-state index is -0.254. The van der Waals surface area contributed by atoms with E-state index in [1.807, 2.05) is 11.9 Å². The number of hydrogen-bond acceptors (Lipinski definition) is 6. The zero-order valence-corrected chi connectivity index (χ0v) is 9.25. The van der Waals surface area contributed by atoms with E-state index in [9.17, 15) is 4.79 Å². The molecule has 1 aliphatic rings. The maximum atomic E-state index is 11.0. The fraction of sp³-hybridized carbons (Fsp3) is 0.625. The molecule has 7 heteroatoms. The molecule has 1 fully saturated rings. The monoisotopic (exact) mass is 227 g/mol. The Balaban J connectivity index is 2.00. The molecule has 0 radical (unpaired) electrons. The minimum Gasteiger partial charge on any atom is -0.377 e. The van der Waals surface area contributed by atoms with E-state index in [1.165, 1.54) is 11.5 Å². The molecule has 0 saturated carbocycles. The zero-order chi connectivity index (χ0) is 10.8. The SMILES string of the molecule is CNc1snnc1CN1CCC1C(N)=O. The van der Waals surface area contributed by atoms with Crippen LogP contribution in [0.15, 0.2) is 0 Å². The summed E-state index contributed by atoms with van der Waals surface area (Å²) in [7, 11) is 1.83. The van der Waals surface area contributed by atoms with Crippen LogP contribution in [-0.2, 0) is 11.3 Å². The molecule has 3 N–H and O–H groups in total. The number of nitrogens with zero attached hydrogens (tertiary/aromatic N) is 3. The van der Waals surface area contributed by atoms with Gasteiger partial charge in [0, 0.05) is 31.7 Å². The molecule has 0 bridgehead atoms. The van der Waals surface area contributed by atoms with E-state index in [0.29, 0.717) is 6.54 Å². The van der Waals surface area contributed by atoms with Crippen molar-refractivity contribution in [2.75, 3.05) is 18.9 Å². The Morgan fingerprint density at radius 2 is 2.60 bits per heavy atom. The summed E-state index contributed by atoms with van der Waals surface area (Å²) in [6, 6.07) is -0.128. The average Bonchev–Trinajstić information content (AvgIpc) is 2.58. The first-order valence-electron chi connectivity index (χ1n) is 4.74. The van der Waals surface area contributed by atoms with Gasteiger partial charge in [0.1, 0.15) is 10.7 Å². The van der Waals surface area contributed by atoms with Crippen LogP contribution in [0.1, 0.15) is 12.1 Å². The predicted octanol–water partition coefficient (Wildman–Crippen LogP) is -0.361. The van der Waals surface area contributed by atoms with E-state index < -0.39 is 0 Å². The summed E-state index contributed by atoms with van der Waals surface area (Å²) in [5.41, 5.74) is 6.14. The highest BCUT2D eigenvalue weighted by molar-refractivity contribution is 7.10.